The van der Waals surface area contributed by atoms with Gasteiger partial charge in [0.25, 0.3) is 11.7 Å². The van der Waals surface area contributed by atoms with Crippen LogP contribution < -0.4 is 0 Å². The molecule has 2 heterocycles. The van der Waals surface area contributed by atoms with Crippen molar-refractivity contribution in [3.63, 3.8) is 0 Å². The van der Waals surface area contributed by atoms with Crippen molar-refractivity contribution in [1.82, 2.24) is 14.1 Å². The van der Waals surface area contributed by atoms with Crippen LogP contribution in [0.1, 0.15) is 23.6 Å². The van der Waals surface area contributed by atoms with Crippen LogP contribution in [0.4, 0.5) is 0 Å². The minimum absolute atomic E-state index is 0.0454. The van der Waals surface area contributed by atoms with Gasteiger partial charge in [-0.05, 0) is 48.4 Å². The van der Waals surface area contributed by atoms with E-state index in [1.54, 1.807) is 24.3 Å². The molecule has 9 nitrogen and oxygen atoms in total. The van der Waals surface area contributed by atoms with E-state index in [1.165, 1.54) is 43.3 Å². The van der Waals surface area contributed by atoms with Gasteiger partial charge in [-0.25, -0.2) is 12.7 Å². The number of halogens is 1. The first-order valence-electron chi connectivity index (χ1n) is 12.0. The minimum atomic E-state index is -3.67. The summed E-state index contributed by atoms with van der Waals surface area (Å²) >= 11 is 6.23. The number of benzene rings is 2. The van der Waals surface area contributed by atoms with Gasteiger partial charge in [-0.1, -0.05) is 23.7 Å². The molecule has 0 bridgehead atoms. The molecule has 2 aliphatic heterocycles. The van der Waals surface area contributed by atoms with Gasteiger partial charge in [-0.2, -0.15) is 0 Å². The molecule has 1 amide bonds. The zero-order valence-electron chi connectivity index (χ0n) is 20.8. The third-order valence-electron chi connectivity index (χ3n) is 6.59. The van der Waals surface area contributed by atoms with E-state index in [2.05, 4.69) is 4.90 Å². The molecule has 2 aromatic carbocycles. The van der Waals surface area contributed by atoms with Crippen LogP contribution in [0.15, 0.2) is 59.0 Å². The fourth-order valence-corrected chi connectivity index (χ4v) is 5.67. The second-order valence-electron chi connectivity index (χ2n) is 9.17. The van der Waals surface area contributed by atoms with Gasteiger partial charge in [0.05, 0.1) is 29.7 Å². The lowest BCUT2D eigenvalue weighted by molar-refractivity contribution is -0.140. The van der Waals surface area contributed by atoms with Gasteiger partial charge in [-0.15, -0.1) is 0 Å². The monoisotopic (exact) mass is 547 g/mol. The van der Waals surface area contributed by atoms with Gasteiger partial charge < -0.3 is 14.7 Å². The maximum Gasteiger partial charge on any atom is 0.295 e. The quantitative estimate of drug-likeness (QED) is 0.307. The predicted molar refractivity (Wildman–Crippen MR) is 140 cm³/mol. The number of amides is 1. The normalized spacial score (nSPS) is 20.6. The van der Waals surface area contributed by atoms with E-state index in [9.17, 15) is 23.1 Å². The molecule has 1 N–H and O–H groups in total. The molecular weight excluding hydrogens is 518 g/mol. The summed E-state index contributed by atoms with van der Waals surface area (Å²) in [5, 5.41) is 11.7. The zero-order valence-corrected chi connectivity index (χ0v) is 22.3. The molecule has 0 spiro atoms. The van der Waals surface area contributed by atoms with Crippen LogP contribution >= 0.6 is 11.6 Å². The van der Waals surface area contributed by atoms with Crippen LogP contribution in [0, 0.1) is 0 Å². The van der Waals surface area contributed by atoms with Crippen molar-refractivity contribution in [3.8, 4) is 0 Å². The molecule has 1 unspecified atom stereocenters. The molecule has 0 aliphatic carbocycles. The molecule has 2 aromatic rings. The Morgan fingerprint density at radius 1 is 1.08 bits per heavy atom. The average Bonchev–Trinajstić information content (AvgIpc) is 3.14. The van der Waals surface area contributed by atoms with Gasteiger partial charge in [0.15, 0.2) is 0 Å². The number of carbonyl (C=O) groups excluding carboxylic acids is 2. The van der Waals surface area contributed by atoms with Crippen molar-refractivity contribution in [3.05, 3.63) is 70.3 Å². The molecule has 2 saturated heterocycles. The molecule has 2 aliphatic rings. The Bertz CT molecular complexity index is 1300. The number of aliphatic hydroxyl groups is 1. The Morgan fingerprint density at radius 3 is 2.38 bits per heavy atom. The molecule has 0 radical (unpaired) electrons. The summed E-state index contributed by atoms with van der Waals surface area (Å²) in [5.41, 5.74) is 0.782. The number of ketones is 1. The van der Waals surface area contributed by atoms with Crippen molar-refractivity contribution >= 4 is 39.1 Å². The maximum atomic E-state index is 13.2. The predicted octanol–water partition coefficient (Wildman–Crippen LogP) is 2.73. The number of morpholine rings is 1. The molecule has 37 heavy (non-hydrogen) atoms. The lowest BCUT2D eigenvalue weighted by Crippen LogP contribution is -2.38. The van der Waals surface area contributed by atoms with Crippen molar-refractivity contribution < 1.29 is 27.9 Å². The summed E-state index contributed by atoms with van der Waals surface area (Å²) in [6.07, 6.45) is 0.640. The van der Waals surface area contributed by atoms with E-state index >= 15 is 0 Å². The molecule has 0 aromatic heterocycles. The average molecular weight is 548 g/mol. The number of ether oxygens (including phenoxy) is 1. The number of rotatable bonds is 8. The summed E-state index contributed by atoms with van der Waals surface area (Å²) in [4.78, 5) is 30.1. The Balaban J connectivity index is 1.68. The Labute approximate surface area is 221 Å². The van der Waals surface area contributed by atoms with Gasteiger partial charge in [0, 0.05) is 50.9 Å². The molecule has 11 heteroatoms. The van der Waals surface area contributed by atoms with Crippen LogP contribution in [0.5, 0.6) is 0 Å². The second-order valence-corrected chi connectivity index (χ2v) is 11.8. The Morgan fingerprint density at radius 2 is 1.76 bits per heavy atom. The van der Waals surface area contributed by atoms with Crippen LogP contribution in [0.25, 0.3) is 5.76 Å². The van der Waals surface area contributed by atoms with E-state index in [4.69, 9.17) is 16.3 Å². The highest BCUT2D eigenvalue weighted by atomic mass is 35.5. The van der Waals surface area contributed by atoms with E-state index in [1.807, 2.05) is 0 Å². The van der Waals surface area contributed by atoms with Crippen molar-refractivity contribution in [2.75, 3.05) is 53.5 Å². The fourth-order valence-electron chi connectivity index (χ4n) is 4.57. The number of nitrogens with zero attached hydrogens (tertiary/aromatic N) is 3. The van der Waals surface area contributed by atoms with Crippen LogP contribution in [-0.4, -0.2) is 92.8 Å². The molecule has 1 atom stereocenters. The third-order valence-corrected chi connectivity index (χ3v) is 8.65. The highest BCUT2D eigenvalue weighted by molar-refractivity contribution is 7.89. The van der Waals surface area contributed by atoms with Gasteiger partial charge in [-0.3, -0.25) is 14.5 Å². The van der Waals surface area contributed by atoms with Crippen molar-refractivity contribution in [1.29, 1.82) is 0 Å². The number of hydrogen-bond donors (Lipinski definition) is 1. The first-order valence-corrected chi connectivity index (χ1v) is 13.8. The Kier molecular flexibility index (Phi) is 8.35. The SMILES string of the molecule is CN(C)S(=O)(=O)c1ccc(/C(O)=C2/C(=O)C(=O)N(CCCN3CCOCC3)C2c2cccc(Cl)c2)cc1. The third kappa shape index (κ3) is 5.73. The number of hydrogen-bond acceptors (Lipinski definition) is 7. The molecule has 0 saturated carbocycles. The molecular formula is C26H30ClN3O6S. The van der Waals surface area contributed by atoms with Crippen LogP contribution in [0.3, 0.4) is 0 Å². The van der Waals surface area contributed by atoms with E-state index < -0.39 is 27.8 Å². The van der Waals surface area contributed by atoms with Crippen molar-refractivity contribution in [2.45, 2.75) is 17.4 Å². The second kappa shape index (κ2) is 11.3. The van der Waals surface area contributed by atoms with Crippen LogP contribution in [0.2, 0.25) is 5.02 Å². The highest BCUT2D eigenvalue weighted by Gasteiger charge is 2.45. The van der Waals surface area contributed by atoms with Crippen LogP contribution in [-0.2, 0) is 24.3 Å². The fraction of sp³-hybridized carbons (Fsp3) is 0.385. The van der Waals surface area contributed by atoms with Gasteiger partial charge in [0.2, 0.25) is 10.0 Å². The maximum absolute atomic E-state index is 13.2. The topological polar surface area (TPSA) is 107 Å². The van der Waals surface area contributed by atoms with E-state index in [-0.39, 0.29) is 21.8 Å². The summed E-state index contributed by atoms with van der Waals surface area (Å²) in [6, 6.07) is 11.6. The largest absolute Gasteiger partial charge is 0.507 e. The van der Waals surface area contributed by atoms with Gasteiger partial charge in [0.1, 0.15) is 5.76 Å². The van der Waals surface area contributed by atoms with Gasteiger partial charge >= 0.3 is 0 Å². The zero-order chi connectivity index (χ0) is 26.7. The molecule has 198 valence electrons. The van der Waals surface area contributed by atoms with E-state index in [0.717, 1.165) is 23.9 Å². The molecule has 4 rings (SSSR count). The van der Waals surface area contributed by atoms with E-state index in [0.29, 0.717) is 36.8 Å². The molecule has 2 fully saturated rings. The lowest BCUT2D eigenvalue weighted by Gasteiger charge is -2.29. The minimum Gasteiger partial charge on any atom is -0.507 e. The highest BCUT2D eigenvalue weighted by Crippen LogP contribution is 2.40. The Hall–Kier alpha value is -2.76. The number of Topliss-reactive ketones (excluding diaryl/α,β-unsaturated/α-hetero) is 1. The smallest absolute Gasteiger partial charge is 0.295 e. The number of aliphatic hydroxyl groups excluding tert-OH is 1. The number of sulfonamides is 1. The summed E-state index contributed by atoms with van der Waals surface area (Å²) in [6.45, 7) is 4.03. The summed E-state index contributed by atoms with van der Waals surface area (Å²) < 4.78 is 31.3. The summed E-state index contributed by atoms with van der Waals surface area (Å²) in [5.74, 6) is -1.85. The lowest BCUT2D eigenvalue weighted by atomic mass is 9.95. The first-order chi connectivity index (χ1) is 17.6. The van der Waals surface area contributed by atoms with Crippen molar-refractivity contribution in [2.24, 2.45) is 0 Å². The number of likely N-dealkylation sites (tertiary alicyclic amines) is 1. The summed E-state index contributed by atoms with van der Waals surface area (Å²) in [7, 11) is -0.814. The first kappa shape index (κ1) is 27.3. The standard InChI is InChI=1S/C26H30ClN3O6S/c1-28(2)37(34,35)21-9-7-18(8-10-21)24(31)22-23(19-5-3-6-20(27)17-19)30(26(33)25(22)32)12-4-11-29-13-15-36-16-14-29/h3,5-10,17,23,31H,4,11-16H2,1-2H3/b24-22-. The number of carbonyl (C=O) groups is 2.